The highest BCUT2D eigenvalue weighted by atomic mass is 32.1. The fourth-order valence-corrected chi connectivity index (χ4v) is 4.88. The van der Waals surface area contributed by atoms with Crippen molar-refractivity contribution >= 4 is 39.7 Å². The summed E-state index contributed by atoms with van der Waals surface area (Å²) in [4.78, 5) is 32.9. The van der Waals surface area contributed by atoms with Crippen LogP contribution in [0.3, 0.4) is 0 Å². The third kappa shape index (κ3) is 5.78. The van der Waals surface area contributed by atoms with Gasteiger partial charge in [0.15, 0.2) is 11.7 Å². The number of anilines is 1. The molecule has 152 valence electrons. The first-order chi connectivity index (χ1) is 13.5. The van der Waals surface area contributed by atoms with Crippen LogP contribution in [-0.2, 0) is 14.3 Å². The molecule has 0 bridgehead atoms. The van der Waals surface area contributed by atoms with Gasteiger partial charge < -0.3 is 15.0 Å². The number of ether oxygens (including phenoxy) is 1. The molecule has 8 heteroatoms. The number of likely N-dealkylation sites (tertiary alicyclic amines) is 1. The van der Waals surface area contributed by atoms with Crippen LogP contribution in [-0.4, -0.2) is 47.5 Å². The van der Waals surface area contributed by atoms with E-state index in [1.165, 1.54) is 4.88 Å². The Labute approximate surface area is 173 Å². The number of rotatable bonds is 8. The number of hydrogen-bond acceptors (Lipinski definition) is 7. The minimum Gasteiger partial charge on any atom is -0.456 e. The number of carbonyl (C=O) groups excluding carboxylic acids is 2. The zero-order chi connectivity index (χ0) is 19.9. The lowest BCUT2D eigenvalue weighted by molar-refractivity contribution is -0.153. The lowest BCUT2D eigenvalue weighted by Crippen LogP contribution is -2.44. The van der Waals surface area contributed by atoms with E-state index in [2.05, 4.69) is 29.4 Å². The van der Waals surface area contributed by atoms with Crippen LogP contribution in [0.4, 0.5) is 5.13 Å². The number of nitrogens with zero attached hydrogens (tertiary/aromatic N) is 2. The summed E-state index contributed by atoms with van der Waals surface area (Å²) in [6.45, 7) is 5.39. The fraction of sp³-hybridized carbons (Fsp3) is 0.550. The van der Waals surface area contributed by atoms with Gasteiger partial charge in [-0.1, -0.05) is 0 Å². The van der Waals surface area contributed by atoms with E-state index in [0.717, 1.165) is 41.5 Å². The number of carbonyl (C=O) groups is 2. The van der Waals surface area contributed by atoms with Gasteiger partial charge in [0.05, 0.1) is 10.6 Å². The van der Waals surface area contributed by atoms with Crippen molar-refractivity contribution in [1.29, 1.82) is 0 Å². The molecule has 0 aliphatic carbocycles. The van der Waals surface area contributed by atoms with Crippen molar-refractivity contribution < 1.29 is 14.3 Å². The Hall–Kier alpha value is -1.93. The van der Waals surface area contributed by atoms with Gasteiger partial charge in [-0.25, -0.2) is 4.98 Å². The first-order valence-corrected chi connectivity index (χ1v) is 11.4. The Bertz CT molecular complexity index is 802. The van der Waals surface area contributed by atoms with Crippen molar-refractivity contribution in [1.82, 2.24) is 9.88 Å². The molecule has 1 N–H and O–H groups in total. The van der Waals surface area contributed by atoms with Crippen molar-refractivity contribution in [2.24, 2.45) is 0 Å². The van der Waals surface area contributed by atoms with E-state index in [0.29, 0.717) is 13.0 Å². The van der Waals surface area contributed by atoms with Gasteiger partial charge in [-0.15, -0.1) is 22.7 Å². The first kappa shape index (κ1) is 20.8. The molecule has 2 aromatic heterocycles. The molecule has 6 nitrogen and oxygen atoms in total. The monoisotopic (exact) mass is 421 g/mol. The normalized spacial score (nSPS) is 16.8. The van der Waals surface area contributed by atoms with E-state index in [1.54, 1.807) is 22.7 Å². The number of hydrogen-bond donors (Lipinski definition) is 1. The van der Waals surface area contributed by atoms with Crippen LogP contribution in [0.25, 0.3) is 10.6 Å². The zero-order valence-electron chi connectivity index (χ0n) is 16.4. The van der Waals surface area contributed by atoms with Gasteiger partial charge in [0.25, 0.3) is 5.91 Å². The molecule has 0 spiro atoms. The molecule has 1 amide bonds. The summed E-state index contributed by atoms with van der Waals surface area (Å²) in [6.07, 6.45) is 4.14. The Morgan fingerprint density at radius 2 is 2.21 bits per heavy atom. The molecule has 3 heterocycles. The van der Waals surface area contributed by atoms with Crippen LogP contribution >= 0.6 is 22.7 Å². The molecule has 0 aromatic carbocycles. The molecular weight excluding hydrogens is 394 g/mol. The number of thiazole rings is 1. The summed E-state index contributed by atoms with van der Waals surface area (Å²) in [5, 5.41) is 6.14. The lowest BCUT2D eigenvalue weighted by Gasteiger charge is -2.33. The minimum atomic E-state index is -0.325. The summed E-state index contributed by atoms with van der Waals surface area (Å²) >= 11 is 3.29. The molecule has 1 atom stereocenters. The third-order valence-electron chi connectivity index (χ3n) is 4.81. The smallest absolute Gasteiger partial charge is 0.306 e. The predicted octanol–water partition coefficient (Wildman–Crippen LogP) is 4.32. The molecule has 0 saturated carbocycles. The van der Waals surface area contributed by atoms with Crippen LogP contribution in [0.15, 0.2) is 17.5 Å². The van der Waals surface area contributed by atoms with Crippen LogP contribution in [0.1, 0.15) is 43.9 Å². The third-order valence-corrected chi connectivity index (χ3v) is 6.63. The van der Waals surface area contributed by atoms with Gasteiger partial charge in [0.1, 0.15) is 0 Å². The number of thiophene rings is 1. The highest BCUT2D eigenvalue weighted by Gasteiger charge is 2.23. The quantitative estimate of drug-likeness (QED) is 0.508. The zero-order valence-corrected chi connectivity index (χ0v) is 18.0. The first-order valence-electron chi connectivity index (χ1n) is 9.74. The van der Waals surface area contributed by atoms with Gasteiger partial charge in [0, 0.05) is 35.8 Å². The molecule has 3 rings (SSSR count). The lowest BCUT2D eigenvalue weighted by atomic mass is 10.0. The van der Waals surface area contributed by atoms with Crippen molar-refractivity contribution in [2.45, 2.75) is 52.0 Å². The second-order valence-electron chi connectivity index (χ2n) is 7.07. The van der Waals surface area contributed by atoms with Gasteiger partial charge in [-0.05, 0) is 51.7 Å². The molecule has 1 unspecified atom stereocenters. The number of esters is 1. The molecule has 0 radical (unpaired) electrons. The van der Waals surface area contributed by atoms with E-state index < -0.39 is 0 Å². The molecule has 1 aliphatic heterocycles. The van der Waals surface area contributed by atoms with Crippen LogP contribution in [0, 0.1) is 6.92 Å². The van der Waals surface area contributed by atoms with Crippen LogP contribution in [0.5, 0.6) is 0 Å². The summed E-state index contributed by atoms with van der Waals surface area (Å²) < 4.78 is 5.15. The van der Waals surface area contributed by atoms with Crippen molar-refractivity contribution in [2.75, 3.05) is 25.0 Å². The summed E-state index contributed by atoms with van der Waals surface area (Å²) in [5.41, 5.74) is 0.982. The van der Waals surface area contributed by atoms with Crippen molar-refractivity contribution in [3.8, 4) is 10.6 Å². The number of nitrogens with one attached hydrogen (secondary N) is 1. The van der Waals surface area contributed by atoms with E-state index in [-0.39, 0.29) is 30.9 Å². The summed E-state index contributed by atoms with van der Waals surface area (Å²) in [5.74, 6) is -0.411. The Morgan fingerprint density at radius 1 is 1.36 bits per heavy atom. The highest BCUT2D eigenvalue weighted by Crippen LogP contribution is 2.30. The standard InChI is InChI=1S/C20H27N3O3S2/c1-14-6-3-4-11-23(14)18(24)12-26-19(25)7-5-10-21-20-22-16(13-27-20)17-9-8-15(2)28-17/h8-9,13-14H,3-7,10-12H2,1-2H3,(H,21,22). The van der Waals surface area contributed by atoms with E-state index in [4.69, 9.17) is 4.74 Å². The number of aryl methyl sites for hydroxylation is 1. The number of piperidine rings is 1. The largest absolute Gasteiger partial charge is 0.456 e. The average Bonchev–Trinajstić information content (AvgIpc) is 3.32. The number of aromatic nitrogens is 1. The second kappa shape index (κ2) is 10.0. The molecular formula is C20H27N3O3S2. The maximum atomic E-state index is 12.2. The maximum absolute atomic E-state index is 12.2. The summed E-state index contributed by atoms with van der Waals surface area (Å²) in [7, 11) is 0. The predicted molar refractivity (Wildman–Crippen MR) is 114 cm³/mol. The van der Waals surface area contributed by atoms with Crippen LogP contribution < -0.4 is 5.32 Å². The minimum absolute atomic E-state index is 0.0854. The molecule has 2 aromatic rings. The number of amides is 1. The highest BCUT2D eigenvalue weighted by molar-refractivity contribution is 7.16. The van der Waals surface area contributed by atoms with Gasteiger partial charge in [0.2, 0.25) is 0 Å². The van der Waals surface area contributed by atoms with E-state index >= 15 is 0 Å². The van der Waals surface area contributed by atoms with Gasteiger partial charge >= 0.3 is 5.97 Å². The van der Waals surface area contributed by atoms with Gasteiger partial charge in [-0.2, -0.15) is 0 Å². The molecule has 1 fully saturated rings. The van der Waals surface area contributed by atoms with Crippen LogP contribution in [0.2, 0.25) is 0 Å². The topological polar surface area (TPSA) is 71.5 Å². The van der Waals surface area contributed by atoms with E-state index in [1.807, 2.05) is 17.2 Å². The SMILES string of the molecule is Cc1ccc(-c2csc(NCCCC(=O)OCC(=O)N3CCCCC3C)n2)s1. The van der Waals surface area contributed by atoms with Crippen molar-refractivity contribution in [3.05, 3.63) is 22.4 Å². The Morgan fingerprint density at radius 3 is 2.96 bits per heavy atom. The average molecular weight is 422 g/mol. The molecule has 1 aliphatic rings. The van der Waals surface area contributed by atoms with Gasteiger partial charge in [-0.3, -0.25) is 9.59 Å². The molecule has 28 heavy (non-hydrogen) atoms. The maximum Gasteiger partial charge on any atom is 0.306 e. The summed E-state index contributed by atoms with van der Waals surface area (Å²) in [6, 6.07) is 4.42. The second-order valence-corrected chi connectivity index (χ2v) is 9.22. The Balaban J connectivity index is 1.32. The fourth-order valence-electron chi connectivity index (χ4n) is 3.23. The Kier molecular flexibility index (Phi) is 7.44. The van der Waals surface area contributed by atoms with E-state index in [9.17, 15) is 9.59 Å². The van der Waals surface area contributed by atoms with Crippen molar-refractivity contribution in [3.63, 3.8) is 0 Å². The molecule has 1 saturated heterocycles.